The zero-order chi connectivity index (χ0) is 21.8. The Morgan fingerprint density at radius 2 is 1.84 bits per heavy atom. The number of nitrogens with one attached hydrogen (secondary N) is 2. The molecule has 8 heteroatoms. The minimum atomic E-state index is -0.206. The van der Waals surface area contributed by atoms with E-state index >= 15 is 0 Å². The van der Waals surface area contributed by atoms with Crippen LogP contribution in [0.15, 0.2) is 41.4 Å². The predicted molar refractivity (Wildman–Crippen MR) is 133 cm³/mol. The van der Waals surface area contributed by atoms with Gasteiger partial charge in [0.1, 0.15) is 5.82 Å². The van der Waals surface area contributed by atoms with Gasteiger partial charge in [-0.2, -0.15) is 0 Å². The van der Waals surface area contributed by atoms with Crippen LogP contribution in [0.3, 0.4) is 0 Å². The lowest BCUT2D eigenvalue weighted by atomic mass is 9.85. The molecule has 6 nitrogen and oxygen atoms in total. The van der Waals surface area contributed by atoms with Gasteiger partial charge in [-0.15, -0.1) is 24.0 Å². The quantitative estimate of drug-likeness (QED) is 0.123. The SMILES string of the molecule is CCNC(=NCCCN1C(=O)C2C3C=CC(C3)C2C1=O)NCCCc1cccc(F)c1.I. The molecule has 2 amide bonds. The largest absolute Gasteiger partial charge is 0.357 e. The maximum Gasteiger partial charge on any atom is 0.233 e. The maximum atomic E-state index is 13.3. The zero-order valence-corrected chi connectivity index (χ0v) is 20.8. The normalized spacial score (nSPS) is 25.8. The molecule has 2 fully saturated rings. The van der Waals surface area contributed by atoms with Crippen LogP contribution in [-0.4, -0.2) is 48.9 Å². The highest BCUT2D eigenvalue weighted by atomic mass is 127. The van der Waals surface area contributed by atoms with E-state index in [9.17, 15) is 14.0 Å². The van der Waals surface area contributed by atoms with E-state index in [2.05, 4.69) is 27.8 Å². The second-order valence-corrected chi connectivity index (χ2v) is 8.60. The van der Waals surface area contributed by atoms with Gasteiger partial charge in [-0.25, -0.2) is 4.39 Å². The van der Waals surface area contributed by atoms with Crippen LogP contribution in [0.5, 0.6) is 0 Å². The fraction of sp³-hybridized carbons (Fsp3) is 0.542. The van der Waals surface area contributed by atoms with Crippen molar-refractivity contribution in [3.8, 4) is 0 Å². The Morgan fingerprint density at radius 3 is 2.50 bits per heavy atom. The summed E-state index contributed by atoms with van der Waals surface area (Å²) in [6.45, 7) is 4.46. The van der Waals surface area contributed by atoms with E-state index in [4.69, 9.17) is 0 Å². The second kappa shape index (κ2) is 11.2. The summed E-state index contributed by atoms with van der Waals surface area (Å²) in [5, 5.41) is 6.50. The molecular formula is C24H32FIN4O2. The molecule has 2 bridgehead atoms. The summed E-state index contributed by atoms with van der Waals surface area (Å²) >= 11 is 0. The van der Waals surface area contributed by atoms with Gasteiger partial charge in [0.25, 0.3) is 0 Å². The van der Waals surface area contributed by atoms with Crippen LogP contribution >= 0.6 is 24.0 Å². The standard InChI is InChI=1S/C24H31FN4O2.HI/c1-2-26-24(27-11-4-7-16-6-3-8-19(25)14-16)28-12-5-13-29-22(30)20-17-9-10-18(15-17)21(20)23(29)31;/h3,6,8-10,14,17-18,20-21H,2,4-5,7,11-13,15H2,1H3,(H2,26,27,28);1H. The third kappa shape index (κ3) is 5.32. The van der Waals surface area contributed by atoms with Gasteiger partial charge in [-0.3, -0.25) is 19.5 Å². The number of aliphatic imine (C=N–C) groups is 1. The van der Waals surface area contributed by atoms with Crippen molar-refractivity contribution in [1.82, 2.24) is 15.5 Å². The number of guanidine groups is 1. The Balaban J connectivity index is 0.00000289. The van der Waals surface area contributed by atoms with Crippen molar-refractivity contribution in [3.63, 3.8) is 0 Å². The van der Waals surface area contributed by atoms with Crippen LogP contribution in [0.4, 0.5) is 4.39 Å². The first-order valence-corrected chi connectivity index (χ1v) is 11.4. The smallest absolute Gasteiger partial charge is 0.233 e. The van der Waals surface area contributed by atoms with Crippen molar-refractivity contribution < 1.29 is 14.0 Å². The topological polar surface area (TPSA) is 73.8 Å². The average Bonchev–Trinajstić information content (AvgIpc) is 3.43. The van der Waals surface area contributed by atoms with Crippen molar-refractivity contribution in [2.75, 3.05) is 26.2 Å². The van der Waals surface area contributed by atoms with Crippen LogP contribution in [0.25, 0.3) is 0 Å². The molecule has 1 heterocycles. The highest BCUT2D eigenvalue weighted by Gasteiger charge is 2.58. The number of carbonyl (C=O) groups is 2. The molecule has 4 unspecified atom stereocenters. The number of carbonyl (C=O) groups excluding carboxylic acids is 2. The summed E-state index contributed by atoms with van der Waals surface area (Å²) in [5.74, 6) is 0.809. The van der Waals surface area contributed by atoms with E-state index < -0.39 is 0 Å². The van der Waals surface area contributed by atoms with Crippen molar-refractivity contribution in [2.24, 2.45) is 28.7 Å². The Kier molecular flexibility index (Phi) is 8.67. The molecule has 0 aromatic heterocycles. The highest BCUT2D eigenvalue weighted by molar-refractivity contribution is 14.0. The van der Waals surface area contributed by atoms with Gasteiger partial charge in [-0.05, 0) is 62.1 Å². The number of benzene rings is 1. The highest BCUT2D eigenvalue weighted by Crippen LogP contribution is 2.52. The van der Waals surface area contributed by atoms with Gasteiger partial charge < -0.3 is 10.6 Å². The van der Waals surface area contributed by atoms with Crippen molar-refractivity contribution >= 4 is 41.8 Å². The van der Waals surface area contributed by atoms with Gasteiger partial charge in [0.05, 0.1) is 11.8 Å². The number of aryl methyl sites for hydroxylation is 1. The molecule has 1 aromatic carbocycles. The van der Waals surface area contributed by atoms with Crippen molar-refractivity contribution in [1.29, 1.82) is 0 Å². The molecular weight excluding hydrogens is 522 g/mol. The number of hydrogen-bond acceptors (Lipinski definition) is 3. The van der Waals surface area contributed by atoms with Gasteiger partial charge >= 0.3 is 0 Å². The number of imide groups is 1. The summed E-state index contributed by atoms with van der Waals surface area (Å²) in [6.07, 6.45) is 7.51. The Bertz CT molecular complexity index is 861. The first-order chi connectivity index (χ1) is 15.1. The molecule has 0 spiro atoms. The van der Waals surface area contributed by atoms with E-state index in [1.807, 2.05) is 13.0 Å². The van der Waals surface area contributed by atoms with Crippen LogP contribution in [0, 0.1) is 29.5 Å². The zero-order valence-electron chi connectivity index (χ0n) is 18.4. The van der Waals surface area contributed by atoms with E-state index in [1.165, 1.54) is 11.0 Å². The monoisotopic (exact) mass is 554 g/mol. The molecule has 0 radical (unpaired) electrons. The lowest BCUT2D eigenvalue weighted by molar-refractivity contribution is -0.140. The second-order valence-electron chi connectivity index (χ2n) is 8.60. The molecule has 1 aliphatic heterocycles. The van der Waals surface area contributed by atoms with E-state index in [0.29, 0.717) is 19.5 Å². The summed E-state index contributed by atoms with van der Waals surface area (Å²) in [7, 11) is 0. The number of amides is 2. The molecule has 2 aliphatic carbocycles. The molecule has 3 aliphatic rings. The molecule has 4 rings (SSSR count). The predicted octanol–water partition coefficient (Wildman–Crippen LogP) is 3.13. The van der Waals surface area contributed by atoms with Crippen molar-refractivity contribution in [2.45, 2.75) is 32.6 Å². The maximum absolute atomic E-state index is 13.3. The molecule has 2 N–H and O–H groups in total. The number of allylic oxidation sites excluding steroid dienone is 2. The minimum Gasteiger partial charge on any atom is -0.357 e. The third-order valence-electron chi connectivity index (χ3n) is 6.54. The summed E-state index contributed by atoms with van der Waals surface area (Å²) in [6, 6.07) is 6.68. The molecule has 1 aromatic rings. The molecule has 4 atom stereocenters. The first kappa shape index (κ1) is 24.7. The molecule has 174 valence electrons. The number of likely N-dealkylation sites (tertiary alicyclic amines) is 1. The first-order valence-electron chi connectivity index (χ1n) is 11.4. The summed E-state index contributed by atoms with van der Waals surface area (Å²) < 4.78 is 13.3. The van der Waals surface area contributed by atoms with Crippen molar-refractivity contribution in [3.05, 3.63) is 47.8 Å². The van der Waals surface area contributed by atoms with E-state index in [-0.39, 0.29) is 65.3 Å². The van der Waals surface area contributed by atoms with Crippen LogP contribution in [0.2, 0.25) is 0 Å². The Morgan fingerprint density at radius 1 is 1.12 bits per heavy atom. The fourth-order valence-corrected chi connectivity index (χ4v) is 5.14. The van der Waals surface area contributed by atoms with Crippen LogP contribution in [0.1, 0.15) is 31.7 Å². The molecule has 32 heavy (non-hydrogen) atoms. The van der Waals surface area contributed by atoms with Gasteiger partial charge in [0.15, 0.2) is 5.96 Å². The van der Waals surface area contributed by atoms with E-state index in [0.717, 1.165) is 43.9 Å². The minimum absolute atomic E-state index is 0. The lowest BCUT2D eigenvalue weighted by Crippen LogP contribution is -2.38. The van der Waals surface area contributed by atoms with E-state index in [1.54, 1.807) is 12.1 Å². The third-order valence-corrected chi connectivity index (χ3v) is 6.54. The Hall–Kier alpha value is -1.97. The lowest BCUT2D eigenvalue weighted by Gasteiger charge is -2.17. The summed E-state index contributed by atoms with van der Waals surface area (Å²) in [5.41, 5.74) is 0.983. The number of rotatable bonds is 9. The number of halogens is 2. The summed E-state index contributed by atoms with van der Waals surface area (Å²) in [4.78, 5) is 31.5. The fourth-order valence-electron chi connectivity index (χ4n) is 5.14. The number of hydrogen-bond donors (Lipinski definition) is 2. The number of fused-ring (bicyclic) bond motifs is 5. The van der Waals surface area contributed by atoms with Crippen LogP contribution < -0.4 is 10.6 Å². The van der Waals surface area contributed by atoms with Gasteiger partial charge in [-0.1, -0.05) is 24.3 Å². The van der Waals surface area contributed by atoms with Gasteiger partial charge in [0.2, 0.25) is 11.8 Å². The number of nitrogens with zero attached hydrogens (tertiary/aromatic N) is 2. The molecule has 1 saturated heterocycles. The Labute approximate surface area is 206 Å². The molecule has 1 saturated carbocycles. The average molecular weight is 554 g/mol. The van der Waals surface area contributed by atoms with Gasteiger partial charge in [0, 0.05) is 26.2 Å². The van der Waals surface area contributed by atoms with Crippen LogP contribution in [-0.2, 0) is 16.0 Å².